The number of ether oxygens (including phenoxy) is 1. The second-order valence-electron chi connectivity index (χ2n) is 3.51. The molecule has 0 bridgehead atoms. The average Bonchev–Trinajstić information content (AvgIpc) is 2.29. The topological polar surface area (TPSA) is 84.6 Å². The van der Waals surface area contributed by atoms with Crippen LogP contribution in [0.15, 0.2) is 18.2 Å². The van der Waals surface area contributed by atoms with Crippen LogP contribution in [0.4, 0.5) is 10.1 Å². The van der Waals surface area contributed by atoms with E-state index in [2.05, 4.69) is 5.32 Å². The highest BCUT2D eigenvalue weighted by Gasteiger charge is 2.10. The number of anilines is 1. The fourth-order valence-corrected chi connectivity index (χ4v) is 1.27. The Morgan fingerprint density at radius 3 is 2.88 bits per heavy atom. The van der Waals surface area contributed by atoms with E-state index in [9.17, 15) is 9.18 Å². The van der Waals surface area contributed by atoms with E-state index in [4.69, 9.17) is 15.6 Å². The summed E-state index contributed by atoms with van der Waals surface area (Å²) in [5, 5.41) is 11.4. The Morgan fingerprint density at radius 1 is 1.65 bits per heavy atom. The van der Waals surface area contributed by atoms with Gasteiger partial charge in [0, 0.05) is 18.3 Å². The van der Waals surface area contributed by atoms with Gasteiger partial charge < -0.3 is 20.9 Å². The molecule has 5 nitrogen and oxygen atoms in total. The maximum Gasteiger partial charge on any atom is 0.320 e. The maximum absolute atomic E-state index is 13.3. The number of hydrogen-bond donors (Lipinski definition) is 3. The van der Waals surface area contributed by atoms with Gasteiger partial charge in [-0.15, -0.1) is 0 Å². The minimum atomic E-state index is -1.05. The molecule has 1 unspecified atom stereocenters. The van der Waals surface area contributed by atoms with Gasteiger partial charge in [-0.25, -0.2) is 4.39 Å². The van der Waals surface area contributed by atoms with Crippen LogP contribution >= 0.6 is 0 Å². The van der Waals surface area contributed by atoms with Crippen molar-refractivity contribution in [3.63, 3.8) is 0 Å². The number of methoxy groups -OCH3 is 1. The molecule has 1 rings (SSSR count). The molecule has 6 heteroatoms. The van der Waals surface area contributed by atoms with Gasteiger partial charge in [0.2, 0.25) is 0 Å². The van der Waals surface area contributed by atoms with E-state index in [1.54, 1.807) is 6.07 Å². The highest BCUT2D eigenvalue weighted by molar-refractivity contribution is 5.73. The van der Waals surface area contributed by atoms with E-state index in [-0.39, 0.29) is 12.2 Å². The second kappa shape index (κ2) is 6.05. The largest absolute Gasteiger partial charge is 0.494 e. The Morgan fingerprint density at radius 2 is 2.35 bits per heavy atom. The average molecular weight is 242 g/mol. The van der Waals surface area contributed by atoms with Crippen molar-refractivity contribution < 1.29 is 19.0 Å². The number of aliphatic carboxylic acids is 1. The van der Waals surface area contributed by atoms with Crippen molar-refractivity contribution in [3.05, 3.63) is 24.0 Å². The fourth-order valence-electron chi connectivity index (χ4n) is 1.27. The first-order valence-electron chi connectivity index (χ1n) is 5.10. The molecule has 0 aliphatic rings. The van der Waals surface area contributed by atoms with Gasteiger partial charge >= 0.3 is 5.97 Å². The van der Waals surface area contributed by atoms with Gasteiger partial charge in [-0.3, -0.25) is 4.79 Å². The maximum atomic E-state index is 13.3. The molecule has 4 N–H and O–H groups in total. The first kappa shape index (κ1) is 13.2. The summed E-state index contributed by atoms with van der Waals surface area (Å²) < 4.78 is 18.1. The number of rotatable bonds is 6. The molecule has 0 spiro atoms. The predicted molar refractivity (Wildman–Crippen MR) is 61.7 cm³/mol. The van der Waals surface area contributed by atoms with E-state index < -0.39 is 17.8 Å². The van der Waals surface area contributed by atoms with Crippen LogP contribution < -0.4 is 15.8 Å². The lowest BCUT2D eigenvalue weighted by Crippen LogP contribution is -2.32. The number of carbonyl (C=O) groups is 1. The minimum absolute atomic E-state index is 0.165. The Hall–Kier alpha value is -1.82. The van der Waals surface area contributed by atoms with E-state index in [0.29, 0.717) is 12.2 Å². The minimum Gasteiger partial charge on any atom is -0.494 e. The Bertz CT molecular complexity index is 398. The lowest BCUT2D eigenvalue weighted by atomic mass is 10.2. The number of hydrogen-bond acceptors (Lipinski definition) is 4. The van der Waals surface area contributed by atoms with Crippen LogP contribution in [-0.2, 0) is 4.79 Å². The molecule has 0 saturated heterocycles. The van der Waals surface area contributed by atoms with E-state index in [0.717, 1.165) is 0 Å². The summed E-state index contributed by atoms with van der Waals surface area (Å²) in [5.41, 5.74) is 5.88. The second-order valence-corrected chi connectivity index (χ2v) is 3.51. The summed E-state index contributed by atoms with van der Waals surface area (Å²) in [6, 6.07) is 3.51. The van der Waals surface area contributed by atoms with Gasteiger partial charge in [0.15, 0.2) is 11.6 Å². The normalized spacial score (nSPS) is 11.9. The van der Waals surface area contributed by atoms with Gasteiger partial charge in [-0.2, -0.15) is 0 Å². The number of nitrogens with one attached hydrogen (secondary N) is 1. The van der Waals surface area contributed by atoms with Crippen LogP contribution in [0.2, 0.25) is 0 Å². The number of carboxylic acid groups (broad SMARTS) is 1. The number of nitrogens with two attached hydrogens (primary N) is 1. The van der Waals surface area contributed by atoms with Crippen LogP contribution in [0.3, 0.4) is 0 Å². The molecular formula is C11H15FN2O3. The highest BCUT2D eigenvalue weighted by atomic mass is 19.1. The van der Waals surface area contributed by atoms with Crippen LogP contribution in [0.1, 0.15) is 6.42 Å². The van der Waals surface area contributed by atoms with Crippen LogP contribution in [-0.4, -0.2) is 30.8 Å². The van der Waals surface area contributed by atoms with Crippen LogP contribution in [0.5, 0.6) is 5.75 Å². The Kier molecular flexibility index (Phi) is 4.71. The van der Waals surface area contributed by atoms with Gasteiger partial charge in [0.1, 0.15) is 6.04 Å². The molecule has 1 atom stereocenters. The summed E-state index contributed by atoms with van der Waals surface area (Å²) >= 11 is 0. The van der Waals surface area contributed by atoms with Crippen molar-refractivity contribution in [1.82, 2.24) is 0 Å². The first-order valence-corrected chi connectivity index (χ1v) is 5.10. The number of carboxylic acids is 1. The Balaban J connectivity index is 2.47. The van der Waals surface area contributed by atoms with Gasteiger partial charge in [0.05, 0.1) is 7.11 Å². The lowest BCUT2D eigenvalue weighted by Gasteiger charge is -2.10. The zero-order valence-electron chi connectivity index (χ0n) is 9.44. The third-order valence-corrected chi connectivity index (χ3v) is 2.25. The third-order valence-electron chi connectivity index (χ3n) is 2.25. The van der Waals surface area contributed by atoms with Crippen molar-refractivity contribution in [3.8, 4) is 5.75 Å². The van der Waals surface area contributed by atoms with Crippen molar-refractivity contribution in [1.29, 1.82) is 0 Å². The van der Waals surface area contributed by atoms with E-state index in [1.165, 1.54) is 19.2 Å². The highest BCUT2D eigenvalue weighted by Crippen LogP contribution is 2.20. The van der Waals surface area contributed by atoms with Crippen LogP contribution in [0, 0.1) is 5.82 Å². The molecule has 0 aliphatic carbocycles. The fraction of sp³-hybridized carbons (Fsp3) is 0.364. The third kappa shape index (κ3) is 3.92. The number of benzene rings is 1. The molecule has 17 heavy (non-hydrogen) atoms. The van der Waals surface area contributed by atoms with Crippen molar-refractivity contribution >= 4 is 11.7 Å². The van der Waals surface area contributed by atoms with Gasteiger partial charge in [0.25, 0.3) is 0 Å². The standard InChI is InChI=1S/C11H15FN2O3/c1-17-10-3-2-7(6-8(10)12)14-5-4-9(13)11(15)16/h2-3,6,9,14H,4-5,13H2,1H3,(H,15,16). The molecule has 0 fully saturated rings. The van der Waals surface area contributed by atoms with E-state index in [1.807, 2.05) is 0 Å². The lowest BCUT2D eigenvalue weighted by molar-refractivity contribution is -0.138. The monoisotopic (exact) mass is 242 g/mol. The molecule has 0 heterocycles. The molecule has 0 aliphatic heterocycles. The van der Waals surface area contributed by atoms with Crippen molar-refractivity contribution in [2.45, 2.75) is 12.5 Å². The molecule has 0 aromatic heterocycles. The summed E-state index contributed by atoms with van der Waals surface area (Å²) in [7, 11) is 1.39. The number of halogens is 1. The molecule has 0 amide bonds. The molecule has 94 valence electrons. The van der Waals surface area contributed by atoms with Crippen molar-refractivity contribution in [2.24, 2.45) is 5.73 Å². The van der Waals surface area contributed by atoms with Crippen LogP contribution in [0.25, 0.3) is 0 Å². The predicted octanol–water partition coefficient (Wildman–Crippen LogP) is 1.05. The molecule has 0 saturated carbocycles. The summed E-state index contributed by atoms with van der Waals surface area (Å²) in [5.74, 6) is -1.36. The summed E-state index contributed by atoms with van der Waals surface area (Å²) in [6.07, 6.45) is 0.267. The van der Waals surface area contributed by atoms with E-state index >= 15 is 0 Å². The quantitative estimate of drug-likeness (QED) is 0.694. The smallest absolute Gasteiger partial charge is 0.320 e. The molecule has 1 aromatic rings. The SMILES string of the molecule is COc1ccc(NCCC(N)C(=O)O)cc1F. The van der Waals surface area contributed by atoms with Gasteiger partial charge in [-0.05, 0) is 18.6 Å². The summed E-state index contributed by atoms with van der Waals surface area (Å²) in [4.78, 5) is 10.4. The molecule has 1 aromatic carbocycles. The Labute approximate surface area is 98.4 Å². The zero-order valence-corrected chi connectivity index (χ0v) is 9.44. The van der Waals surface area contributed by atoms with Crippen molar-refractivity contribution in [2.75, 3.05) is 19.0 Å². The first-order chi connectivity index (χ1) is 8.04. The molecule has 0 radical (unpaired) electrons. The zero-order chi connectivity index (χ0) is 12.8. The van der Waals surface area contributed by atoms with Gasteiger partial charge in [-0.1, -0.05) is 0 Å². The summed E-state index contributed by atoms with van der Waals surface area (Å²) in [6.45, 7) is 0.360. The molecular weight excluding hydrogens is 227 g/mol.